The molecule has 0 saturated heterocycles. The van der Waals surface area contributed by atoms with Crippen LogP contribution in [-0.4, -0.2) is 12.5 Å². The summed E-state index contributed by atoms with van der Waals surface area (Å²) < 4.78 is 5.56. The first-order chi connectivity index (χ1) is 8.13. The SMILES string of the molecule is CC(C)CCCOc1ccc(C(=O)NN)cc1. The van der Waals surface area contributed by atoms with E-state index in [1.54, 1.807) is 24.3 Å². The van der Waals surface area contributed by atoms with E-state index in [0.717, 1.165) is 18.6 Å². The van der Waals surface area contributed by atoms with Gasteiger partial charge >= 0.3 is 0 Å². The number of nitrogens with two attached hydrogens (primary N) is 1. The number of hydrogen-bond acceptors (Lipinski definition) is 3. The van der Waals surface area contributed by atoms with Crippen molar-refractivity contribution in [2.24, 2.45) is 11.8 Å². The maximum atomic E-state index is 11.2. The van der Waals surface area contributed by atoms with Crippen LogP contribution in [0.2, 0.25) is 0 Å². The smallest absolute Gasteiger partial charge is 0.265 e. The summed E-state index contributed by atoms with van der Waals surface area (Å²) in [6.45, 7) is 5.10. The Morgan fingerprint density at radius 1 is 1.35 bits per heavy atom. The standard InChI is InChI=1S/C13H20N2O2/c1-10(2)4-3-9-17-12-7-5-11(6-8-12)13(16)15-14/h5-8,10H,3-4,9,14H2,1-2H3,(H,15,16). The van der Waals surface area contributed by atoms with Crippen molar-refractivity contribution in [3.05, 3.63) is 29.8 Å². The highest BCUT2D eigenvalue weighted by Crippen LogP contribution is 2.13. The molecule has 1 aromatic rings. The number of rotatable bonds is 6. The zero-order chi connectivity index (χ0) is 12.7. The van der Waals surface area contributed by atoms with E-state index in [1.165, 1.54) is 0 Å². The van der Waals surface area contributed by atoms with Gasteiger partial charge in [-0.1, -0.05) is 13.8 Å². The topological polar surface area (TPSA) is 64.3 Å². The lowest BCUT2D eigenvalue weighted by molar-refractivity contribution is 0.0953. The number of benzene rings is 1. The Kier molecular flexibility index (Phi) is 5.49. The molecule has 4 nitrogen and oxygen atoms in total. The van der Waals surface area contributed by atoms with Gasteiger partial charge in [0.2, 0.25) is 0 Å². The van der Waals surface area contributed by atoms with Gasteiger partial charge in [0.05, 0.1) is 6.61 Å². The maximum Gasteiger partial charge on any atom is 0.265 e. The summed E-state index contributed by atoms with van der Waals surface area (Å²) in [5.41, 5.74) is 2.62. The Morgan fingerprint density at radius 3 is 2.53 bits per heavy atom. The summed E-state index contributed by atoms with van der Waals surface area (Å²) in [5.74, 6) is 6.23. The lowest BCUT2D eigenvalue weighted by atomic mass is 10.1. The summed E-state index contributed by atoms with van der Waals surface area (Å²) in [6.07, 6.45) is 2.20. The Hall–Kier alpha value is -1.55. The van der Waals surface area contributed by atoms with Crippen LogP contribution in [0.1, 0.15) is 37.0 Å². The molecule has 0 aliphatic carbocycles. The Bertz CT molecular complexity index is 347. The fourth-order valence-electron chi connectivity index (χ4n) is 1.47. The van der Waals surface area contributed by atoms with E-state index in [4.69, 9.17) is 10.6 Å². The number of carbonyl (C=O) groups excluding carboxylic acids is 1. The molecular formula is C13H20N2O2. The molecule has 0 unspecified atom stereocenters. The number of hydrogen-bond donors (Lipinski definition) is 2. The first-order valence-electron chi connectivity index (χ1n) is 5.87. The van der Waals surface area contributed by atoms with E-state index < -0.39 is 0 Å². The van der Waals surface area contributed by atoms with Crippen LogP contribution in [0.5, 0.6) is 5.75 Å². The molecule has 0 heterocycles. The van der Waals surface area contributed by atoms with Crippen molar-refractivity contribution in [2.75, 3.05) is 6.61 Å². The van der Waals surface area contributed by atoms with Crippen molar-refractivity contribution in [1.29, 1.82) is 0 Å². The third-order valence-electron chi connectivity index (χ3n) is 2.44. The van der Waals surface area contributed by atoms with E-state index in [-0.39, 0.29) is 5.91 Å². The van der Waals surface area contributed by atoms with Crippen LogP contribution in [-0.2, 0) is 0 Å². The van der Waals surface area contributed by atoms with Crippen LogP contribution >= 0.6 is 0 Å². The molecule has 1 aromatic carbocycles. The summed E-state index contributed by atoms with van der Waals surface area (Å²) in [5, 5.41) is 0. The fourth-order valence-corrected chi connectivity index (χ4v) is 1.47. The Balaban J connectivity index is 2.38. The summed E-state index contributed by atoms with van der Waals surface area (Å²) in [4.78, 5) is 11.2. The fraction of sp³-hybridized carbons (Fsp3) is 0.462. The molecule has 0 saturated carbocycles. The maximum absolute atomic E-state index is 11.2. The van der Waals surface area contributed by atoms with Gasteiger partial charge in [-0.05, 0) is 43.0 Å². The second-order valence-electron chi connectivity index (χ2n) is 4.38. The summed E-state index contributed by atoms with van der Waals surface area (Å²) >= 11 is 0. The molecule has 3 N–H and O–H groups in total. The molecule has 0 aromatic heterocycles. The average Bonchev–Trinajstić information content (AvgIpc) is 2.34. The number of amides is 1. The number of carbonyl (C=O) groups is 1. The van der Waals surface area contributed by atoms with Crippen molar-refractivity contribution in [1.82, 2.24) is 5.43 Å². The van der Waals surface area contributed by atoms with Crippen LogP contribution in [0.3, 0.4) is 0 Å². The molecule has 0 spiro atoms. The molecule has 1 amide bonds. The minimum Gasteiger partial charge on any atom is -0.494 e. The van der Waals surface area contributed by atoms with Gasteiger partial charge in [-0.2, -0.15) is 0 Å². The molecule has 0 atom stereocenters. The van der Waals surface area contributed by atoms with Gasteiger partial charge in [0.15, 0.2) is 0 Å². The quantitative estimate of drug-likeness (QED) is 0.344. The molecule has 0 aliphatic heterocycles. The zero-order valence-electron chi connectivity index (χ0n) is 10.4. The van der Waals surface area contributed by atoms with Gasteiger partial charge in [0.25, 0.3) is 5.91 Å². The number of nitrogen functional groups attached to an aromatic ring is 1. The number of ether oxygens (including phenoxy) is 1. The molecule has 94 valence electrons. The van der Waals surface area contributed by atoms with Crippen LogP contribution in [0.15, 0.2) is 24.3 Å². The number of hydrazine groups is 1. The van der Waals surface area contributed by atoms with E-state index in [1.807, 2.05) is 0 Å². The second-order valence-corrected chi connectivity index (χ2v) is 4.38. The molecule has 4 heteroatoms. The lowest BCUT2D eigenvalue weighted by Gasteiger charge is -2.08. The minimum atomic E-state index is -0.295. The molecule has 1 rings (SSSR count). The van der Waals surface area contributed by atoms with Crippen LogP contribution in [0.4, 0.5) is 0 Å². The van der Waals surface area contributed by atoms with Crippen molar-refractivity contribution in [2.45, 2.75) is 26.7 Å². The van der Waals surface area contributed by atoms with Crippen LogP contribution < -0.4 is 16.0 Å². The highest BCUT2D eigenvalue weighted by atomic mass is 16.5. The van der Waals surface area contributed by atoms with E-state index in [9.17, 15) is 4.79 Å². The molecular weight excluding hydrogens is 216 g/mol. The van der Waals surface area contributed by atoms with Gasteiger partial charge in [0, 0.05) is 5.56 Å². The monoisotopic (exact) mass is 236 g/mol. The summed E-state index contributed by atoms with van der Waals surface area (Å²) in [7, 11) is 0. The Labute approximate surface area is 102 Å². The molecule has 17 heavy (non-hydrogen) atoms. The van der Waals surface area contributed by atoms with Crippen molar-refractivity contribution in [3.63, 3.8) is 0 Å². The zero-order valence-corrected chi connectivity index (χ0v) is 10.4. The second kappa shape index (κ2) is 6.91. The van der Waals surface area contributed by atoms with Gasteiger partial charge in [-0.3, -0.25) is 10.2 Å². The predicted octanol–water partition coefficient (Wildman–Crippen LogP) is 2.11. The van der Waals surface area contributed by atoms with Gasteiger partial charge in [0.1, 0.15) is 5.75 Å². The van der Waals surface area contributed by atoms with Crippen molar-refractivity contribution < 1.29 is 9.53 Å². The first-order valence-corrected chi connectivity index (χ1v) is 5.87. The third-order valence-corrected chi connectivity index (χ3v) is 2.44. The predicted molar refractivity (Wildman–Crippen MR) is 67.7 cm³/mol. The first kappa shape index (κ1) is 13.5. The van der Waals surface area contributed by atoms with E-state index in [0.29, 0.717) is 18.1 Å². The Morgan fingerprint density at radius 2 is 2.00 bits per heavy atom. The van der Waals surface area contributed by atoms with Crippen LogP contribution in [0.25, 0.3) is 0 Å². The van der Waals surface area contributed by atoms with Crippen molar-refractivity contribution >= 4 is 5.91 Å². The minimum absolute atomic E-state index is 0.295. The highest BCUT2D eigenvalue weighted by molar-refractivity contribution is 5.93. The lowest BCUT2D eigenvalue weighted by Crippen LogP contribution is -2.29. The average molecular weight is 236 g/mol. The summed E-state index contributed by atoms with van der Waals surface area (Å²) in [6, 6.07) is 6.94. The molecule has 0 aliphatic rings. The van der Waals surface area contributed by atoms with Gasteiger partial charge in [-0.25, -0.2) is 5.84 Å². The molecule has 0 fully saturated rings. The van der Waals surface area contributed by atoms with Gasteiger partial charge in [-0.15, -0.1) is 0 Å². The molecule has 0 radical (unpaired) electrons. The van der Waals surface area contributed by atoms with E-state index >= 15 is 0 Å². The van der Waals surface area contributed by atoms with E-state index in [2.05, 4.69) is 19.3 Å². The molecule has 0 bridgehead atoms. The normalized spacial score (nSPS) is 10.4. The number of nitrogens with one attached hydrogen (secondary N) is 1. The third kappa shape index (κ3) is 4.87. The van der Waals surface area contributed by atoms with Crippen molar-refractivity contribution in [3.8, 4) is 5.75 Å². The largest absolute Gasteiger partial charge is 0.494 e. The van der Waals surface area contributed by atoms with Crippen LogP contribution in [0, 0.1) is 5.92 Å². The van der Waals surface area contributed by atoms with Gasteiger partial charge < -0.3 is 4.74 Å². The highest BCUT2D eigenvalue weighted by Gasteiger charge is 2.02.